The molecule has 1 rings (SSSR count). The number of nitrogens with one attached hydrogen (secondary N) is 1. The summed E-state index contributed by atoms with van der Waals surface area (Å²) in [4.78, 5) is 0. The Kier molecular flexibility index (Phi) is 4.20. The quantitative estimate of drug-likeness (QED) is 0.855. The Morgan fingerprint density at radius 2 is 2.19 bits per heavy atom. The van der Waals surface area contributed by atoms with E-state index in [1.807, 2.05) is 31.2 Å². The van der Waals surface area contributed by atoms with Gasteiger partial charge in [-0.1, -0.05) is 31.5 Å². The van der Waals surface area contributed by atoms with Crippen molar-refractivity contribution in [1.82, 2.24) is 0 Å². The summed E-state index contributed by atoms with van der Waals surface area (Å²) in [7, 11) is 0. The molecule has 1 N–H and O–H groups in total. The Hall–Kier alpha value is -1.20. The van der Waals surface area contributed by atoms with Crippen LogP contribution >= 0.6 is 11.6 Å². The lowest BCUT2D eigenvalue weighted by atomic mass is 9.92. The summed E-state index contributed by atoms with van der Waals surface area (Å²) in [5, 5.41) is 13.1. The lowest BCUT2D eigenvalue weighted by molar-refractivity contribution is 0.474. The first-order chi connectivity index (χ1) is 7.45. The van der Waals surface area contributed by atoms with Crippen molar-refractivity contribution in [1.29, 1.82) is 5.26 Å². The minimum absolute atomic E-state index is 0.469. The van der Waals surface area contributed by atoms with Crippen LogP contribution in [0.1, 0.15) is 27.2 Å². The lowest BCUT2D eigenvalue weighted by Crippen LogP contribution is -2.34. The van der Waals surface area contributed by atoms with E-state index in [2.05, 4.69) is 25.2 Å². The maximum absolute atomic E-state index is 9.22. The van der Waals surface area contributed by atoms with Gasteiger partial charge < -0.3 is 5.32 Å². The van der Waals surface area contributed by atoms with Gasteiger partial charge in [0, 0.05) is 10.7 Å². The van der Waals surface area contributed by atoms with Crippen LogP contribution in [0.3, 0.4) is 0 Å². The summed E-state index contributed by atoms with van der Waals surface area (Å²) < 4.78 is 0. The molecule has 1 unspecified atom stereocenters. The number of anilines is 1. The number of nitrogens with zero attached hydrogens (tertiary/aromatic N) is 1. The van der Waals surface area contributed by atoms with E-state index in [4.69, 9.17) is 11.6 Å². The van der Waals surface area contributed by atoms with Gasteiger partial charge in [0.15, 0.2) is 0 Å². The molecule has 1 atom stereocenters. The van der Waals surface area contributed by atoms with Gasteiger partial charge in [-0.2, -0.15) is 5.26 Å². The summed E-state index contributed by atoms with van der Waals surface area (Å²) in [5.41, 5.74) is 0.343. The molecule has 1 aromatic rings. The number of nitriles is 1. The van der Waals surface area contributed by atoms with Crippen LogP contribution < -0.4 is 5.32 Å². The molecule has 86 valence electrons. The minimum atomic E-state index is -0.543. The predicted octanol–water partition coefficient (Wildman–Crippen LogP) is 4.08. The van der Waals surface area contributed by atoms with Gasteiger partial charge >= 0.3 is 0 Å². The van der Waals surface area contributed by atoms with Gasteiger partial charge in [0.2, 0.25) is 0 Å². The number of rotatable bonds is 4. The Balaban J connectivity index is 2.81. The third-order valence-corrected chi connectivity index (χ3v) is 2.54. The molecule has 3 heteroatoms. The highest BCUT2D eigenvalue weighted by Crippen LogP contribution is 2.23. The Morgan fingerprint density at radius 1 is 1.50 bits per heavy atom. The van der Waals surface area contributed by atoms with Crippen LogP contribution in [0.4, 0.5) is 5.69 Å². The van der Waals surface area contributed by atoms with E-state index in [9.17, 15) is 5.26 Å². The van der Waals surface area contributed by atoms with Crippen molar-refractivity contribution in [3.63, 3.8) is 0 Å². The van der Waals surface area contributed by atoms with E-state index < -0.39 is 5.54 Å². The summed E-state index contributed by atoms with van der Waals surface area (Å²) in [5.74, 6) is 0.469. The molecule has 0 bridgehead atoms. The van der Waals surface area contributed by atoms with Crippen molar-refractivity contribution in [3.8, 4) is 6.07 Å². The van der Waals surface area contributed by atoms with E-state index in [0.29, 0.717) is 10.9 Å². The zero-order valence-corrected chi connectivity index (χ0v) is 10.7. The monoisotopic (exact) mass is 236 g/mol. The fourth-order valence-electron chi connectivity index (χ4n) is 1.83. The molecule has 0 fully saturated rings. The maximum atomic E-state index is 9.22. The molecule has 0 spiro atoms. The summed E-state index contributed by atoms with van der Waals surface area (Å²) >= 11 is 5.90. The van der Waals surface area contributed by atoms with E-state index in [1.54, 1.807) is 0 Å². The van der Waals surface area contributed by atoms with Gasteiger partial charge in [0.05, 0.1) is 6.07 Å². The summed E-state index contributed by atoms with van der Waals surface area (Å²) in [6, 6.07) is 9.76. The van der Waals surface area contributed by atoms with Crippen molar-refractivity contribution in [2.24, 2.45) is 5.92 Å². The van der Waals surface area contributed by atoms with Crippen molar-refractivity contribution in [2.75, 3.05) is 5.32 Å². The van der Waals surface area contributed by atoms with Crippen molar-refractivity contribution in [3.05, 3.63) is 29.3 Å². The highest BCUT2D eigenvalue weighted by Gasteiger charge is 2.24. The maximum Gasteiger partial charge on any atom is 0.122 e. The Labute approximate surface area is 102 Å². The number of hydrogen-bond donors (Lipinski definition) is 1. The third-order valence-electron chi connectivity index (χ3n) is 2.31. The second kappa shape index (κ2) is 5.23. The molecule has 0 aliphatic rings. The largest absolute Gasteiger partial charge is 0.368 e. The Bertz CT molecular complexity index is 395. The van der Waals surface area contributed by atoms with Crippen LogP contribution in [0.2, 0.25) is 5.02 Å². The average Bonchev–Trinajstić information content (AvgIpc) is 2.16. The first-order valence-electron chi connectivity index (χ1n) is 5.40. The van der Waals surface area contributed by atoms with Crippen LogP contribution in [0.25, 0.3) is 0 Å². The van der Waals surface area contributed by atoms with Crippen molar-refractivity contribution in [2.45, 2.75) is 32.7 Å². The first-order valence-corrected chi connectivity index (χ1v) is 5.78. The molecular weight excluding hydrogens is 220 g/mol. The fraction of sp³-hybridized carbons (Fsp3) is 0.462. The van der Waals surface area contributed by atoms with Gasteiger partial charge in [-0.15, -0.1) is 0 Å². The predicted molar refractivity (Wildman–Crippen MR) is 68.5 cm³/mol. The molecule has 0 aliphatic carbocycles. The molecule has 0 heterocycles. The molecule has 16 heavy (non-hydrogen) atoms. The zero-order chi connectivity index (χ0) is 12.2. The van der Waals surface area contributed by atoms with Crippen LogP contribution in [0.15, 0.2) is 24.3 Å². The van der Waals surface area contributed by atoms with Gasteiger partial charge in [-0.3, -0.25) is 0 Å². The minimum Gasteiger partial charge on any atom is -0.368 e. The molecule has 1 aromatic carbocycles. The molecule has 0 saturated carbocycles. The summed E-state index contributed by atoms with van der Waals surface area (Å²) in [6.07, 6.45) is 0.802. The number of halogens is 1. The van der Waals surface area contributed by atoms with Gasteiger partial charge in [0.25, 0.3) is 0 Å². The smallest absolute Gasteiger partial charge is 0.122 e. The van der Waals surface area contributed by atoms with Crippen molar-refractivity contribution < 1.29 is 0 Å². The van der Waals surface area contributed by atoms with Crippen molar-refractivity contribution >= 4 is 17.3 Å². The highest BCUT2D eigenvalue weighted by molar-refractivity contribution is 6.30. The van der Waals surface area contributed by atoms with Gasteiger partial charge in [-0.25, -0.2) is 0 Å². The van der Waals surface area contributed by atoms with Crippen LogP contribution in [-0.2, 0) is 0 Å². The van der Waals surface area contributed by atoms with E-state index in [1.165, 1.54) is 0 Å². The molecule has 2 nitrogen and oxygen atoms in total. The third kappa shape index (κ3) is 3.75. The van der Waals surface area contributed by atoms with Gasteiger partial charge in [-0.05, 0) is 37.5 Å². The molecule has 0 saturated heterocycles. The Morgan fingerprint density at radius 3 is 2.69 bits per heavy atom. The van der Waals surface area contributed by atoms with Crippen LogP contribution in [0, 0.1) is 17.2 Å². The second-order valence-corrected chi connectivity index (χ2v) is 5.11. The zero-order valence-electron chi connectivity index (χ0n) is 9.92. The average molecular weight is 237 g/mol. The molecule has 0 aromatic heterocycles. The normalized spacial score (nSPS) is 14.2. The fourth-order valence-corrected chi connectivity index (χ4v) is 2.02. The van der Waals surface area contributed by atoms with E-state index in [0.717, 1.165) is 12.1 Å². The molecule has 0 radical (unpaired) electrons. The first kappa shape index (κ1) is 12.9. The standard InChI is InChI=1S/C13H17ClN2/c1-10(2)8-13(3,9-15)16-12-6-4-5-11(14)7-12/h4-7,10,16H,8H2,1-3H3. The highest BCUT2D eigenvalue weighted by atomic mass is 35.5. The van der Waals surface area contributed by atoms with Crippen LogP contribution in [0.5, 0.6) is 0 Å². The summed E-state index contributed by atoms with van der Waals surface area (Å²) in [6.45, 7) is 6.12. The lowest BCUT2D eigenvalue weighted by Gasteiger charge is -2.26. The molecular formula is C13H17ClN2. The number of hydrogen-bond acceptors (Lipinski definition) is 2. The SMILES string of the molecule is CC(C)CC(C)(C#N)Nc1cccc(Cl)c1. The van der Waals surface area contributed by atoms with Crippen LogP contribution in [-0.4, -0.2) is 5.54 Å². The van der Waals surface area contributed by atoms with Gasteiger partial charge in [0.1, 0.15) is 5.54 Å². The van der Waals surface area contributed by atoms with E-state index in [-0.39, 0.29) is 0 Å². The molecule has 0 amide bonds. The topological polar surface area (TPSA) is 35.8 Å². The molecule has 0 aliphatic heterocycles. The van der Waals surface area contributed by atoms with E-state index >= 15 is 0 Å². The number of benzene rings is 1. The second-order valence-electron chi connectivity index (χ2n) is 4.68.